The lowest BCUT2D eigenvalue weighted by Crippen LogP contribution is -2.06. The molecular weight excluding hydrogens is 217 g/mol. The third-order valence-electron chi connectivity index (χ3n) is 2.11. The zero-order chi connectivity index (χ0) is 12.1. The summed E-state index contributed by atoms with van der Waals surface area (Å²) in [6.07, 6.45) is 0. The molecule has 0 amide bonds. The summed E-state index contributed by atoms with van der Waals surface area (Å²) in [4.78, 5) is 4.42. The molecular formula is C10H14FNO4. The minimum absolute atomic E-state index is 0.0460. The molecule has 0 bridgehead atoms. The van der Waals surface area contributed by atoms with Crippen LogP contribution in [0.5, 0.6) is 17.2 Å². The first kappa shape index (κ1) is 12.5. The molecule has 16 heavy (non-hydrogen) atoms. The van der Waals surface area contributed by atoms with Gasteiger partial charge in [0.15, 0.2) is 23.1 Å². The van der Waals surface area contributed by atoms with Gasteiger partial charge in [-0.25, -0.2) is 10.3 Å². The zero-order valence-electron chi connectivity index (χ0n) is 9.37. The Morgan fingerprint density at radius 3 is 2.19 bits per heavy atom. The summed E-state index contributed by atoms with van der Waals surface area (Å²) in [7, 11) is 4.21. The van der Waals surface area contributed by atoms with Crippen LogP contribution in [0.1, 0.15) is 5.56 Å². The van der Waals surface area contributed by atoms with Gasteiger partial charge in [-0.15, -0.1) is 0 Å². The number of methoxy groups -OCH3 is 3. The molecule has 2 N–H and O–H groups in total. The van der Waals surface area contributed by atoms with Crippen LogP contribution < -0.4 is 20.1 Å². The molecule has 1 aromatic rings. The van der Waals surface area contributed by atoms with Crippen molar-refractivity contribution in [1.82, 2.24) is 0 Å². The van der Waals surface area contributed by atoms with Gasteiger partial charge in [0.1, 0.15) is 0 Å². The highest BCUT2D eigenvalue weighted by atomic mass is 19.1. The first-order valence-corrected chi connectivity index (χ1v) is 4.48. The third kappa shape index (κ3) is 2.17. The second kappa shape index (κ2) is 5.53. The van der Waals surface area contributed by atoms with Gasteiger partial charge in [-0.3, -0.25) is 4.84 Å². The van der Waals surface area contributed by atoms with E-state index in [9.17, 15) is 4.39 Å². The monoisotopic (exact) mass is 231 g/mol. The van der Waals surface area contributed by atoms with Gasteiger partial charge in [-0.1, -0.05) is 0 Å². The van der Waals surface area contributed by atoms with Gasteiger partial charge >= 0.3 is 0 Å². The normalized spacial score (nSPS) is 10.1. The second-order valence-corrected chi connectivity index (χ2v) is 2.92. The van der Waals surface area contributed by atoms with Crippen molar-refractivity contribution in [3.05, 3.63) is 17.4 Å². The van der Waals surface area contributed by atoms with E-state index in [0.29, 0.717) is 5.75 Å². The maximum absolute atomic E-state index is 13.8. The van der Waals surface area contributed by atoms with Gasteiger partial charge in [0.2, 0.25) is 0 Å². The smallest absolute Gasteiger partial charge is 0.174 e. The Hall–Kier alpha value is -1.53. The molecule has 0 aromatic heterocycles. The average molecular weight is 231 g/mol. The Kier molecular flexibility index (Phi) is 4.33. The van der Waals surface area contributed by atoms with E-state index in [1.807, 2.05) is 0 Å². The molecule has 0 unspecified atom stereocenters. The molecule has 0 spiro atoms. The molecule has 1 aromatic carbocycles. The summed E-state index contributed by atoms with van der Waals surface area (Å²) in [5.41, 5.74) is 0.154. The minimum Gasteiger partial charge on any atom is -0.494 e. The molecule has 0 saturated carbocycles. The number of hydrogen-bond acceptors (Lipinski definition) is 5. The van der Waals surface area contributed by atoms with Gasteiger partial charge in [0, 0.05) is 6.07 Å². The molecule has 1 rings (SSSR count). The van der Waals surface area contributed by atoms with Crippen LogP contribution in [0.25, 0.3) is 0 Å². The van der Waals surface area contributed by atoms with Gasteiger partial charge < -0.3 is 14.2 Å². The predicted octanol–water partition coefficient (Wildman–Crippen LogP) is 1.24. The molecule has 0 atom stereocenters. The molecule has 0 aliphatic heterocycles. The van der Waals surface area contributed by atoms with Crippen LogP contribution in [-0.4, -0.2) is 21.3 Å². The van der Waals surface area contributed by atoms with Crippen molar-refractivity contribution >= 4 is 0 Å². The SMILES string of the molecule is COc1cc(OC)c(OC)c(CON)c1F. The maximum atomic E-state index is 13.8. The van der Waals surface area contributed by atoms with Crippen molar-refractivity contribution in [2.75, 3.05) is 21.3 Å². The van der Waals surface area contributed by atoms with E-state index >= 15 is 0 Å². The fraction of sp³-hybridized carbons (Fsp3) is 0.400. The lowest BCUT2D eigenvalue weighted by molar-refractivity contribution is 0.118. The highest BCUT2D eigenvalue weighted by Gasteiger charge is 2.20. The van der Waals surface area contributed by atoms with Crippen molar-refractivity contribution in [2.24, 2.45) is 5.90 Å². The number of hydrogen-bond donors (Lipinski definition) is 1. The number of benzene rings is 1. The molecule has 0 aliphatic rings. The molecule has 0 fully saturated rings. The van der Waals surface area contributed by atoms with Crippen molar-refractivity contribution in [3.8, 4) is 17.2 Å². The summed E-state index contributed by atoms with van der Waals surface area (Å²) >= 11 is 0. The molecule has 0 radical (unpaired) electrons. The summed E-state index contributed by atoms with van der Waals surface area (Å²) < 4.78 is 28.8. The van der Waals surface area contributed by atoms with Crippen molar-refractivity contribution in [2.45, 2.75) is 6.61 Å². The maximum Gasteiger partial charge on any atom is 0.174 e. The van der Waals surface area contributed by atoms with Crippen molar-refractivity contribution < 1.29 is 23.4 Å². The molecule has 6 heteroatoms. The first-order chi connectivity index (χ1) is 7.69. The summed E-state index contributed by atoms with van der Waals surface area (Å²) in [5.74, 6) is 5.00. The Balaban J connectivity index is 3.38. The van der Waals surface area contributed by atoms with Crippen LogP contribution >= 0.6 is 0 Å². The lowest BCUT2D eigenvalue weighted by Gasteiger charge is -2.15. The fourth-order valence-electron chi connectivity index (χ4n) is 1.38. The molecule has 0 aliphatic carbocycles. The third-order valence-corrected chi connectivity index (χ3v) is 2.11. The van der Waals surface area contributed by atoms with Crippen LogP contribution in [0.15, 0.2) is 6.07 Å². The highest BCUT2D eigenvalue weighted by molar-refractivity contribution is 5.52. The second-order valence-electron chi connectivity index (χ2n) is 2.92. The van der Waals surface area contributed by atoms with Gasteiger partial charge in [-0.2, -0.15) is 0 Å². The Morgan fingerprint density at radius 1 is 1.12 bits per heavy atom. The summed E-state index contributed by atoms with van der Waals surface area (Å²) in [6, 6.07) is 1.40. The molecule has 90 valence electrons. The first-order valence-electron chi connectivity index (χ1n) is 4.48. The van der Waals surface area contributed by atoms with E-state index < -0.39 is 5.82 Å². The Bertz CT molecular complexity index is 370. The van der Waals surface area contributed by atoms with E-state index in [1.54, 1.807) is 0 Å². The van der Waals surface area contributed by atoms with E-state index in [1.165, 1.54) is 27.4 Å². The van der Waals surface area contributed by atoms with Crippen LogP contribution in [0, 0.1) is 5.82 Å². The molecule has 0 heterocycles. The van der Waals surface area contributed by atoms with E-state index in [2.05, 4.69) is 4.84 Å². The van der Waals surface area contributed by atoms with Crippen LogP contribution in [0.3, 0.4) is 0 Å². The zero-order valence-corrected chi connectivity index (χ0v) is 9.37. The van der Waals surface area contributed by atoms with Crippen LogP contribution in [0.4, 0.5) is 4.39 Å². The number of rotatable bonds is 5. The highest BCUT2D eigenvalue weighted by Crippen LogP contribution is 2.38. The van der Waals surface area contributed by atoms with Gasteiger partial charge in [0.25, 0.3) is 0 Å². The van der Waals surface area contributed by atoms with Crippen LogP contribution in [0.2, 0.25) is 0 Å². The lowest BCUT2D eigenvalue weighted by atomic mass is 10.1. The Morgan fingerprint density at radius 2 is 1.75 bits per heavy atom. The average Bonchev–Trinajstić information content (AvgIpc) is 2.31. The predicted molar refractivity (Wildman–Crippen MR) is 55.0 cm³/mol. The largest absolute Gasteiger partial charge is 0.494 e. The minimum atomic E-state index is -0.578. The van der Waals surface area contributed by atoms with Crippen molar-refractivity contribution in [1.29, 1.82) is 0 Å². The van der Waals surface area contributed by atoms with Crippen LogP contribution in [-0.2, 0) is 11.4 Å². The molecule has 0 saturated heterocycles. The fourth-order valence-corrected chi connectivity index (χ4v) is 1.38. The Labute approximate surface area is 92.8 Å². The number of halogens is 1. The van der Waals surface area contributed by atoms with Crippen molar-refractivity contribution in [3.63, 3.8) is 0 Å². The quantitative estimate of drug-likeness (QED) is 0.772. The summed E-state index contributed by atoms with van der Waals surface area (Å²) in [6.45, 7) is -0.136. The topological polar surface area (TPSA) is 62.9 Å². The number of ether oxygens (including phenoxy) is 3. The standard InChI is InChI=1S/C10H14FNO4/c1-13-7-4-8(14-2)10(15-3)6(5-16-12)9(7)11/h4H,5,12H2,1-3H3. The summed E-state index contributed by atoms with van der Waals surface area (Å²) in [5, 5.41) is 0. The van der Waals surface area contributed by atoms with Gasteiger partial charge in [-0.05, 0) is 0 Å². The van der Waals surface area contributed by atoms with E-state index in [0.717, 1.165) is 0 Å². The molecule has 5 nitrogen and oxygen atoms in total. The number of nitrogens with two attached hydrogens (primary N) is 1. The van der Waals surface area contributed by atoms with Gasteiger partial charge in [0.05, 0.1) is 33.5 Å². The van der Waals surface area contributed by atoms with E-state index in [-0.39, 0.29) is 23.7 Å². The van der Waals surface area contributed by atoms with E-state index in [4.69, 9.17) is 20.1 Å².